The summed E-state index contributed by atoms with van der Waals surface area (Å²) in [6.07, 6.45) is 4.44. The lowest BCUT2D eigenvalue weighted by atomic mass is 9.74. The van der Waals surface area contributed by atoms with Gasteiger partial charge in [0.15, 0.2) is 5.82 Å². The number of nitrogens with zero attached hydrogens (tertiary/aromatic N) is 2. The van der Waals surface area contributed by atoms with Crippen LogP contribution < -0.4 is 5.32 Å². The van der Waals surface area contributed by atoms with Gasteiger partial charge in [-0.1, -0.05) is 19.4 Å². The highest BCUT2D eigenvalue weighted by Crippen LogP contribution is 2.39. The molecular weight excluding hydrogens is 265 g/mol. The fraction of sp³-hybridized carbons (Fsp3) is 0.588. The van der Waals surface area contributed by atoms with Crippen molar-refractivity contribution < 1.29 is 4.39 Å². The molecule has 2 heterocycles. The Morgan fingerprint density at radius 3 is 2.71 bits per heavy atom. The van der Waals surface area contributed by atoms with Gasteiger partial charge in [-0.25, -0.2) is 9.37 Å². The third kappa shape index (κ3) is 2.35. The van der Waals surface area contributed by atoms with Crippen molar-refractivity contribution in [3.05, 3.63) is 29.8 Å². The van der Waals surface area contributed by atoms with Crippen molar-refractivity contribution in [2.45, 2.75) is 51.5 Å². The standard InChI is InChI=1S/C17H24FN3/c1-3-8-17(9-11-19-12-10-17)16-20-15-13(18)6-5-7-14(15)21(16)4-2/h5-7,19H,3-4,8-12H2,1-2H3. The van der Waals surface area contributed by atoms with E-state index in [4.69, 9.17) is 4.98 Å². The van der Waals surface area contributed by atoms with Crippen molar-refractivity contribution in [2.24, 2.45) is 0 Å². The summed E-state index contributed by atoms with van der Waals surface area (Å²) in [5, 5.41) is 3.44. The lowest BCUT2D eigenvalue weighted by molar-refractivity contribution is 0.263. The number of aryl methyl sites for hydroxylation is 1. The summed E-state index contributed by atoms with van der Waals surface area (Å²) in [5.41, 5.74) is 1.56. The van der Waals surface area contributed by atoms with Crippen molar-refractivity contribution in [3.8, 4) is 0 Å². The van der Waals surface area contributed by atoms with E-state index in [-0.39, 0.29) is 11.2 Å². The minimum atomic E-state index is -0.207. The predicted octanol–water partition coefficient (Wildman–Crippen LogP) is 3.62. The Balaban J connectivity index is 2.19. The Kier molecular flexibility index (Phi) is 3.98. The molecule has 2 aromatic rings. The largest absolute Gasteiger partial charge is 0.328 e. The second kappa shape index (κ2) is 5.76. The normalized spacial score (nSPS) is 18.2. The molecule has 0 radical (unpaired) electrons. The molecule has 21 heavy (non-hydrogen) atoms. The third-order valence-corrected chi connectivity index (χ3v) is 4.81. The number of piperidine rings is 1. The van der Waals surface area contributed by atoms with Crippen molar-refractivity contribution >= 4 is 11.0 Å². The Hall–Kier alpha value is -1.42. The van der Waals surface area contributed by atoms with Gasteiger partial charge in [0, 0.05) is 12.0 Å². The van der Waals surface area contributed by atoms with Crippen LogP contribution in [0.4, 0.5) is 4.39 Å². The molecule has 1 aliphatic rings. The van der Waals surface area contributed by atoms with Crippen molar-refractivity contribution in [3.63, 3.8) is 0 Å². The Labute approximate surface area is 125 Å². The molecule has 0 atom stereocenters. The summed E-state index contributed by atoms with van der Waals surface area (Å²) in [7, 11) is 0. The van der Waals surface area contributed by atoms with Crippen LogP contribution in [0.5, 0.6) is 0 Å². The summed E-state index contributed by atoms with van der Waals surface area (Å²) >= 11 is 0. The fourth-order valence-corrected chi connectivity index (χ4v) is 3.81. The lowest BCUT2D eigenvalue weighted by Gasteiger charge is -2.37. The maximum absolute atomic E-state index is 14.1. The average Bonchev–Trinajstić information content (AvgIpc) is 2.89. The maximum Gasteiger partial charge on any atom is 0.151 e. The van der Waals surface area contributed by atoms with Crippen LogP contribution >= 0.6 is 0 Å². The molecule has 0 bridgehead atoms. The van der Waals surface area contributed by atoms with Crippen molar-refractivity contribution in [2.75, 3.05) is 13.1 Å². The van der Waals surface area contributed by atoms with E-state index in [2.05, 4.69) is 23.7 Å². The molecule has 114 valence electrons. The molecule has 1 aromatic heterocycles. The van der Waals surface area contributed by atoms with E-state index in [9.17, 15) is 4.39 Å². The molecule has 3 rings (SSSR count). The minimum absolute atomic E-state index is 0.0987. The number of hydrogen-bond acceptors (Lipinski definition) is 2. The smallest absolute Gasteiger partial charge is 0.151 e. The molecule has 0 spiro atoms. The van der Waals surface area contributed by atoms with Gasteiger partial charge in [0.2, 0.25) is 0 Å². The first-order valence-corrected chi connectivity index (χ1v) is 8.08. The van der Waals surface area contributed by atoms with Gasteiger partial charge in [0.05, 0.1) is 5.52 Å². The Bertz CT molecular complexity index is 621. The van der Waals surface area contributed by atoms with Crippen LogP contribution in [0.15, 0.2) is 18.2 Å². The van der Waals surface area contributed by atoms with Gasteiger partial charge in [-0.2, -0.15) is 0 Å². The van der Waals surface area contributed by atoms with E-state index < -0.39 is 0 Å². The molecule has 1 aromatic carbocycles. The predicted molar refractivity (Wildman–Crippen MR) is 84.1 cm³/mol. The quantitative estimate of drug-likeness (QED) is 0.931. The summed E-state index contributed by atoms with van der Waals surface area (Å²) in [6, 6.07) is 5.28. The van der Waals surface area contributed by atoms with Crippen LogP contribution in [0.3, 0.4) is 0 Å². The third-order valence-electron chi connectivity index (χ3n) is 4.81. The molecule has 0 amide bonds. The van der Waals surface area contributed by atoms with E-state index >= 15 is 0 Å². The van der Waals surface area contributed by atoms with Crippen LogP contribution in [-0.4, -0.2) is 22.6 Å². The van der Waals surface area contributed by atoms with Gasteiger partial charge in [-0.15, -0.1) is 0 Å². The molecule has 0 aliphatic carbocycles. The number of para-hydroxylation sites is 1. The van der Waals surface area contributed by atoms with E-state index in [0.29, 0.717) is 5.52 Å². The number of fused-ring (bicyclic) bond motifs is 1. The molecule has 1 saturated heterocycles. The molecular formula is C17H24FN3. The SMILES string of the molecule is CCCC1(c2nc3c(F)cccc3n2CC)CCNCC1. The number of halogens is 1. The summed E-state index contributed by atoms with van der Waals surface area (Å²) in [4.78, 5) is 4.76. The highest BCUT2D eigenvalue weighted by Gasteiger charge is 2.37. The molecule has 1 N–H and O–H groups in total. The first-order valence-electron chi connectivity index (χ1n) is 8.08. The van der Waals surface area contributed by atoms with Crippen molar-refractivity contribution in [1.29, 1.82) is 0 Å². The number of hydrogen-bond donors (Lipinski definition) is 1. The van der Waals surface area contributed by atoms with E-state index in [1.807, 2.05) is 6.07 Å². The second-order valence-corrected chi connectivity index (χ2v) is 6.07. The second-order valence-electron chi connectivity index (χ2n) is 6.07. The first-order chi connectivity index (χ1) is 10.2. The zero-order valence-corrected chi connectivity index (χ0v) is 13.0. The molecule has 0 unspecified atom stereocenters. The van der Waals surface area contributed by atoms with Crippen LogP contribution in [0.25, 0.3) is 11.0 Å². The van der Waals surface area contributed by atoms with Crippen LogP contribution in [0.1, 0.15) is 45.4 Å². The van der Waals surface area contributed by atoms with Gasteiger partial charge in [-0.05, 0) is 51.4 Å². The first kappa shape index (κ1) is 14.5. The van der Waals surface area contributed by atoms with E-state index in [0.717, 1.165) is 56.7 Å². The molecule has 0 saturated carbocycles. The van der Waals surface area contributed by atoms with Crippen LogP contribution in [0, 0.1) is 5.82 Å². The zero-order valence-electron chi connectivity index (χ0n) is 13.0. The molecule has 3 nitrogen and oxygen atoms in total. The van der Waals surface area contributed by atoms with Crippen molar-refractivity contribution in [1.82, 2.24) is 14.9 Å². The number of imidazole rings is 1. The molecule has 1 fully saturated rings. The molecule has 1 aliphatic heterocycles. The van der Waals surface area contributed by atoms with Gasteiger partial charge in [0.25, 0.3) is 0 Å². The number of nitrogens with one attached hydrogen (secondary N) is 1. The number of aromatic nitrogens is 2. The summed E-state index contributed by atoms with van der Waals surface area (Å²) in [6.45, 7) is 7.23. The van der Waals surface area contributed by atoms with E-state index in [1.54, 1.807) is 6.07 Å². The van der Waals surface area contributed by atoms with Gasteiger partial charge in [-0.3, -0.25) is 0 Å². The maximum atomic E-state index is 14.1. The number of rotatable bonds is 4. The highest BCUT2D eigenvalue weighted by molar-refractivity contribution is 5.77. The van der Waals surface area contributed by atoms with E-state index in [1.165, 1.54) is 6.07 Å². The van der Waals surface area contributed by atoms with Crippen LogP contribution in [0.2, 0.25) is 0 Å². The fourth-order valence-electron chi connectivity index (χ4n) is 3.81. The van der Waals surface area contributed by atoms with Gasteiger partial charge < -0.3 is 9.88 Å². The summed E-state index contributed by atoms with van der Waals surface area (Å²) in [5.74, 6) is 0.884. The summed E-state index contributed by atoms with van der Waals surface area (Å²) < 4.78 is 16.3. The van der Waals surface area contributed by atoms with Gasteiger partial charge in [0.1, 0.15) is 11.3 Å². The molecule has 4 heteroatoms. The topological polar surface area (TPSA) is 29.9 Å². The average molecular weight is 289 g/mol. The minimum Gasteiger partial charge on any atom is -0.328 e. The zero-order chi connectivity index (χ0) is 14.9. The highest BCUT2D eigenvalue weighted by atomic mass is 19.1. The Morgan fingerprint density at radius 2 is 2.05 bits per heavy atom. The van der Waals surface area contributed by atoms with Gasteiger partial charge >= 0.3 is 0 Å². The Morgan fingerprint density at radius 1 is 1.29 bits per heavy atom. The lowest BCUT2D eigenvalue weighted by Crippen LogP contribution is -2.41. The number of benzene rings is 1. The monoisotopic (exact) mass is 289 g/mol. The van der Waals surface area contributed by atoms with Crippen LogP contribution in [-0.2, 0) is 12.0 Å².